The van der Waals surface area contributed by atoms with Gasteiger partial charge in [0.1, 0.15) is 5.75 Å². The van der Waals surface area contributed by atoms with Crippen LogP contribution in [0.4, 0.5) is 10.8 Å². The number of aromatic nitrogens is 4. The maximum Gasteiger partial charge on any atom is 0.283 e. The summed E-state index contributed by atoms with van der Waals surface area (Å²) in [6.45, 7) is 0. The molecule has 132 valence electrons. The first-order valence-electron chi connectivity index (χ1n) is 7.54. The molecule has 8 nitrogen and oxygen atoms in total. The molecule has 0 spiro atoms. The summed E-state index contributed by atoms with van der Waals surface area (Å²) >= 11 is 2.93. The molecule has 4 rings (SSSR count). The van der Waals surface area contributed by atoms with Gasteiger partial charge < -0.3 is 18.9 Å². The maximum absolute atomic E-state index is 5.57. The minimum Gasteiger partial charge on any atom is -0.497 e. The van der Waals surface area contributed by atoms with Crippen LogP contribution in [0.15, 0.2) is 55.8 Å². The Labute approximate surface area is 156 Å². The van der Waals surface area contributed by atoms with Crippen LogP contribution in [-0.2, 0) is 5.75 Å². The van der Waals surface area contributed by atoms with Gasteiger partial charge in [-0.25, -0.2) is 0 Å². The summed E-state index contributed by atoms with van der Waals surface area (Å²) in [5.41, 5.74) is 0.915. The molecule has 26 heavy (non-hydrogen) atoms. The highest BCUT2D eigenvalue weighted by atomic mass is 32.2. The van der Waals surface area contributed by atoms with Gasteiger partial charge in [-0.05, 0) is 36.4 Å². The molecule has 3 heterocycles. The van der Waals surface area contributed by atoms with Crippen LogP contribution in [0, 0.1) is 0 Å². The minimum absolute atomic E-state index is 0.365. The Morgan fingerprint density at radius 1 is 1.12 bits per heavy atom. The normalized spacial score (nSPS) is 10.8. The first-order valence-corrected chi connectivity index (χ1v) is 9.34. The van der Waals surface area contributed by atoms with E-state index in [-0.39, 0.29) is 0 Å². The van der Waals surface area contributed by atoms with E-state index in [4.69, 9.17) is 13.6 Å². The number of anilines is 2. The average Bonchev–Trinajstić information content (AvgIpc) is 3.42. The molecule has 0 aliphatic carbocycles. The number of ether oxygens (including phenoxy) is 1. The number of hydrogen-bond acceptors (Lipinski definition) is 10. The lowest BCUT2D eigenvalue weighted by Gasteiger charge is -2.03. The molecule has 0 atom stereocenters. The number of thioether (sulfide) groups is 1. The third-order valence-electron chi connectivity index (χ3n) is 3.27. The number of nitrogens with zero attached hydrogens (tertiary/aromatic N) is 4. The van der Waals surface area contributed by atoms with Crippen molar-refractivity contribution in [3.05, 3.63) is 48.6 Å². The van der Waals surface area contributed by atoms with Crippen molar-refractivity contribution in [1.29, 1.82) is 0 Å². The lowest BCUT2D eigenvalue weighted by molar-refractivity contribution is 0.415. The van der Waals surface area contributed by atoms with E-state index >= 15 is 0 Å². The number of benzene rings is 1. The fourth-order valence-electron chi connectivity index (χ4n) is 2.05. The van der Waals surface area contributed by atoms with Crippen molar-refractivity contribution in [3.8, 4) is 17.4 Å². The van der Waals surface area contributed by atoms with Gasteiger partial charge in [0, 0.05) is 5.69 Å². The number of furan rings is 1. The number of rotatable bonds is 7. The van der Waals surface area contributed by atoms with Crippen molar-refractivity contribution in [2.24, 2.45) is 0 Å². The van der Waals surface area contributed by atoms with Gasteiger partial charge in [-0.2, -0.15) is 0 Å². The molecular weight excluding hydrogens is 374 g/mol. The lowest BCUT2D eigenvalue weighted by atomic mass is 10.3. The summed E-state index contributed by atoms with van der Waals surface area (Å²) < 4.78 is 16.7. The van der Waals surface area contributed by atoms with Gasteiger partial charge in [0.25, 0.3) is 5.89 Å². The Morgan fingerprint density at radius 2 is 2.00 bits per heavy atom. The molecule has 0 aliphatic heterocycles. The second-order valence-electron chi connectivity index (χ2n) is 4.99. The first kappa shape index (κ1) is 16.6. The molecule has 0 saturated heterocycles. The molecule has 0 saturated carbocycles. The standard InChI is InChI=1S/C16H13N5O3S2/c1-22-11-6-4-10(5-7-11)17-15-20-21-16(26-15)25-9-13-18-19-14(24-13)12-3-2-8-23-12/h2-8H,9H2,1H3,(H,17,20). The smallest absolute Gasteiger partial charge is 0.283 e. The summed E-state index contributed by atoms with van der Waals surface area (Å²) in [6.07, 6.45) is 1.56. The molecule has 0 unspecified atom stereocenters. The van der Waals surface area contributed by atoms with Crippen LogP contribution in [0.1, 0.15) is 5.89 Å². The summed E-state index contributed by atoms with van der Waals surface area (Å²) in [4.78, 5) is 0. The zero-order valence-corrected chi connectivity index (χ0v) is 15.2. The van der Waals surface area contributed by atoms with E-state index in [1.165, 1.54) is 23.1 Å². The van der Waals surface area contributed by atoms with E-state index in [2.05, 4.69) is 25.7 Å². The van der Waals surface area contributed by atoms with Crippen LogP contribution in [0.25, 0.3) is 11.7 Å². The molecule has 4 aromatic rings. The molecule has 10 heteroatoms. The van der Waals surface area contributed by atoms with E-state index in [0.717, 1.165) is 15.8 Å². The fourth-order valence-corrected chi connectivity index (χ4v) is 3.66. The monoisotopic (exact) mass is 387 g/mol. The van der Waals surface area contributed by atoms with E-state index in [1.54, 1.807) is 25.5 Å². The Hall–Kier alpha value is -2.85. The van der Waals surface area contributed by atoms with Crippen LogP contribution in [0.5, 0.6) is 5.75 Å². The molecule has 0 amide bonds. The number of hydrogen-bond donors (Lipinski definition) is 1. The van der Waals surface area contributed by atoms with E-state index in [9.17, 15) is 0 Å². The van der Waals surface area contributed by atoms with Gasteiger partial charge in [-0.15, -0.1) is 20.4 Å². The van der Waals surface area contributed by atoms with Crippen LogP contribution < -0.4 is 10.1 Å². The van der Waals surface area contributed by atoms with Crippen LogP contribution in [0.3, 0.4) is 0 Å². The number of nitrogens with one attached hydrogen (secondary N) is 1. The molecular formula is C16H13N5O3S2. The fraction of sp³-hybridized carbons (Fsp3) is 0.125. The van der Waals surface area contributed by atoms with Gasteiger partial charge in [-0.1, -0.05) is 23.1 Å². The average molecular weight is 387 g/mol. The largest absolute Gasteiger partial charge is 0.497 e. The summed E-state index contributed by atoms with van der Waals surface area (Å²) in [6, 6.07) is 11.1. The highest BCUT2D eigenvalue weighted by molar-refractivity contribution is 8.00. The highest BCUT2D eigenvalue weighted by Crippen LogP contribution is 2.30. The van der Waals surface area contributed by atoms with E-state index < -0.39 is 0 Å². The Balaban J connectivity index is 1.34. The van der Waals surface area contributed by atoms with Crippen molar-refractivity contribution in [3.63, 3.8) is 0 Å². The maximum atomic E-state index is 5.57. The molecule has 1 N–H and O–H groups in total. The van der Waals surface area contributed by atoms with Crippen molar-refractivity contribution >= 4 is 33.9 Å². The Kier molecular flexibility index (Phi) is 4.84. The van der Waals surface area contributed by atoms with Crippen LogP contribution in [0.2, 0.25) is 0 Å². The quantitative estimate of drug-likeness (QED) is 0.467. The third kappa shape index (κ3) is 3.86. The molecule has 1 aromatic carbocycles. The van der Waals surface area contributed by atoms with Crippen molar-refractivity contribution in [2.45, 2.75) is 10.1 Å². The third-order valence-corrected chi connectivity index (χ3v) is 5.22. The molecule has 0 radical (unpaired) electrons. The van der Waals surface area contributed by atoms with Crippen molar-refractivity contribution < 1.29 is 13.6 Å². The molecule has 0 bridgehead atoms. The Bertz CT molecular complexity index is 966. The lowest BCUT2D eigenvalue weighted by Crippen LogP contribution is -1.89. The minimum atomic E-state index is 0.365. The molecule has 0 aliphatic rings. The van der Waals surface area contributed by atoms with Crippen molar-refractivity contribution in [1.82, 2.24) is 20.4 Å². The van der Waals surface area contributed by atoms with Gasteiger partial charge in [-0.3, -0.25) is 0 Å². The van der Waals surface area contributed by atoms with Crippen LogP contribution in [-0.4, -0.2) is 27.5 Å². The predicted molar refractivity (Wildman–Crippen MR) is 97.7 cm³/mol. The zero-order chi connectivity index (χ0) is 17.8. The highest BCUT2D eigenvalue weighted by Gasteiger charge is 2.12. The number of methoxy groups -OCH3 is 1. The van der Waals surface area contributed by atoms with E-state index in [1.807, 2.05) is 24.3 Å². The SMILES string of the molecule is COc1ccc(Nc2nnc(SCc3nnc(-c4ccco4)o3)s2)cc1. The predicted octanol–water partition coefficient (Wildman–Crippen LogP) is 4.23. The van der Waals surface area contributed by atoms with Crippen LogP contribution >= 0.6 is 23.1 Å². The second kappa shape index (κ2) is 7.58. The Morgan fingerprint density at radius 3 is 2.77 bits per heavy atom. The summed E-state index contributed by atoms with van der Waals surface area (Å²) in [5, 5.41) is 20.2. The molecule has 0 fully saturated rings. The van der Waals surface area contributed by atoms with Gasteiger partial charge in [0.05, 0.1) is 19.1 Å². The summed E-state index contributed by atoms with van der Waals surface area (Å²) in [7, 11) is 1.64. The van der Waals surface area contributed by atoms with E-state index in [0.29, 0.717) is 28.4 Å². The first-order chi connectivity index (χ1) is 12.8. The summed E-state index contributed by atoms with van der Waals surface area (Å²) in [5.74, 6) is 2.73. The second-order valence-corrected chi connectivity index (χ2v) is 7.19. The zero-order valence-electron chi connectivity index (χ0n) is 13.6. The molecule has 3 aromatic heterocycles. The van der Waals surface area contributed by atoms with Gasteiger partial charge >= 0.3 is 0 Å². The van der Waals surface area contributed by atoms with Gasteiger partial charge in [0.2, 0.25) is 11.0 Å². The topological polar surface area (TPSA) is 99.1 Å². The van der Waals surface area contributed by atoms with Gasteiger partial charge in [0.15, 0.2) is 10.1 Å². The van der Waals surface area contributed by atoms with Crippen molar-refractivity contribution in [2.75, 3.05) is 12.4 Å².